The van der Waals surface area contributed by atoms with Crippen molar-refractivity contribution in [1.29, 1.82) is 0 Å². The van der Waals surface area contributed by atoms with Crippen molar-refractivity contribution in [3.63, 3.8) is 0 Å². The molecule has 0 saturated carbocycles. The molecule has 0 N–H and O–H groups in total. The molecule has 0 aliphatic carbocycles. The standard InChI is InChI=1S/BH3.Cl2O.H4Si/c;1-3-2;/h1H3;;1H4. The Hall–Kier alpha value is 0.822. The molecule has 0 aliphatic rings. The first-order valence-electron chi connectivity index (χ1n) is 0.309. The fourth-order valence-corrected chi connectivity index (χ4v) is 0. The van der Waals surface area contributed by atoms with Crippen molar-refractivity contribution in [2.75, 3.05) is 0 Å². The molecule has 0 aliphatic heterocycles. The Kier molecular flexibility index (Phi) is 72.1. The molecule has 0 radical (unpaired) electrons. The Morgan fingerprint density at radius 2 is 1.20 bits per heavy atom. The monoisotopic (exact) mass is 132 g/mol. The summed E-state index contributed by atoms with van der Waals surface area (Å²) in [6.45, 7) is 0. The van der Waals surface area contributed by atoms with Crippen molar-refractivity contribution in [1.82, 2.24) is 0 Å². The molecule has 0 fully saturated rings. The van der Waals surface area contributed by atoms with Crippen LogP contribution in [0.15, 0.2) is 0 Å². The number of hydrogen-bond donors (Lipinski definition) is 0. The van der Waals surface area contributed by atoms with E-state index in [2.05, 4.69) is 27.6 Å². The zero-order valence-electron chi connectivity index (χ0n) is 1.16. The van der Waals surface area contributed by atoms with Gasteiger partial charge in [-0.3, -0.25) is 0 Å². The summed E-state index contributed by atoms with van der Waals surface area (Å²) >= 11 is 8.53. The fourth-order valence-electron chi connectivity index (χ4n) is 0. The quantitative estimate of drug-likeness (QED) is 0.372. The van der Waals surface area contributed by atoms with Crippen molar-refractivity contribution in [3.05, 3.63) is 0 Å². The summed E-state index contributed by atoms with van der Waals surface area (Å²) in [6, 6.07) is 0. The lowest BCUT2D eigenvalue weighted by Gasteiger charge is -1.46. The first-order valence-corrected chi connectivity index (χ1v) is 0.926. The molecular formula is H7BCl2OSi. The molecule has 0 saturated heterocycles. The Balaban J connectivity index is -0.0000000200. The highest BCUT2D eigenvalue weighted by Crippen LogP contribution is 1.78. The van der Waals surface area contributed by atoms with Crippen molar-refractivity contribution in [2.45, 2.75) is 0 Å². The molecule has 0 amide bonds. The topological polar surface area (TPSA) is 9.23 Å². The van der Waals surface area contributed by atoms with Gasteiger partial charge in [-0.15, -0.1) is 0 Å². The van der Waals surface area contributed by atoms with E-state index in [0.717, 1.165) is 0 Å². The maximum atomic E-state index is 4.26. The lowest BCUT2D eigenvalue weighted by molar-refractivity contribution is 0.697. The van der Waals surface area contributed by atoms with Crippen LogP contribution in [0.5, 0.6) is 0 Å². The molecule has 0 unspecified atom stereocenters. The van der Waals surface area contributed by atoms with Crippen LogP contribution >= 0.6 is 23.7 Å². The van der Waals surface area contributed by atoms with Gasteiger partial charge < -0.3 is 0 Å². The van der Waals surface area contributed by atoms with E-state index in [9.17, 15) is 0 Å². The summed E-state index contributed by atoms with van der Waals surface area (Å²) in [5, 5.41) is 0. The highest BCUT2D eigenvalue weighted by atomic mass is 35.6. The van der Waals surface area contributed by atoms with Gasteiger partial charge in [0.15, 0.2) is 0 Å². The molecule has 34 valence electrons. The van der Waals surface area contributed by atoms with Crippen LogP contribution in [0.3, 0.4) is 0 Å². The summed E-state index contributed by atoms with van der Waals surface area (Å²) < 4.78 is 3.19. The van der Waals surface area contributed by atoms with Gasteiger partial charge >= 0.3 is 0 Å². The number of hydrogen-bond acceptors (Lipinski definition) is 1. The predicted molar refractivity (Wildman–Crippen MR) is 34.1 cm³/mol. The normalized spacial score (nSPS) is 3.60. The second-order valence-electron chi connectivity index (χ2n) is 0.0583. The highest BCUT2D eigenvalue weighted by Gasteiger charge is 1.38. The first kappa shape index (κ1) is 17.0. The van der Waals surface area contributed by atoms with Crippen molar-refractivity contribution >= 4 is 43.1 Å². The Morgan fingerprint density at radius 1 is 1.20 bits per heavy atom. The van der Waals surface area contributed by atoms with E-state index in [1.165, 1.54) is 0 Å². The lowest BCUT2D eigenvalue weighted by atomic mass is 10.8. The van der Waals surface area contributed by atoms with Crippen molar-refractivity contribution in [2.24, 2.45) is 0 Å². The van der Waals surface area contributed by atoms with Gasteiger partial charge in [0.1, 0.15) is 0 Å². The average molecular weight is 133 g/mol. The molecule has 0 heterocycles. The molecule has 0 bridgehead atoms. The zero-order valence-corrected chi connectivity index (χ0v) is 2.68. The summed E-state index contributed by atoms with van der Waals surface area (Å²) in [4.78, 5) is 0. The maximum absolute atomic E-state index is 4.26. The van der Waals surface area contributed by atoms with E-state index in [4.69, 9.17) is 0 Å². The van der Waals surface area contributed by atoms with Crippen molar-refractivity contribution < 1.29 is 3.84 Å². The van der Waals surface area contributed by atoms with E-state index >= 15 is 0 Å². The van der Waals surface area contributed by atoms with Gasteiger partial charge in [0.2, 0.25) is 0 Å². The van der Waals surface area contributed by atoms with E-state index in [0.29, 0.717) is 0 Å². The van der Waals surface area contributed by atoms with Gasteiger partial charge in [-0.05, 0) is 11.0 Å². The SMILES string of the molecule is B.ClOCl.[SiH4]. The van der Waals surface area contributed by atoms with Gasteiger partial charge in [0.25, 0.3) is 0 Å². The molecular weight excluding hydrogens is 126 g/mol. The van der Waals surface area contributed by atoms with Gasteiger partial charge in [-0.1, -0.05) is 0 Å². The smallest absolute Gasteiger partial charge is 0.0832 e. The highest BCUT2D eigenvalue weighted by molar-refractivity contribution is 6.24. The molecule has 0 aromatic carbocycles. The number of rotatable bonds is 0. The molecule has 5 heavy (non-hydrogen) atoms. The van der Waals surface area contributed by atoms with Crippen LogP contribution in [0.2, 0.25) is 0 Å². The predicted octanol–water partition coefficient (Wildman–Crippen LogP) is -1.32. The van der Waals surface area contributed by atoms with Crippen LogP contribution in [0.4, 0.5) is 0 Å². The second-order valence-corrected chi connectivity index (χ2v) is 0.525. The minimum atomic E-state index is 0. The van der Waals surface area contributed by atoms with Crippen LogP contribution in [0.1, 0.15) is 0 Å². The van der Waals surface area contributed by atoms with E-state index in [1.54, 1.807) is 0 Å². The van der Waals surface area contributed by atoms with Crippen LogP contribution in [0.25, 0.3) is 0 Å². The van der Waals surface area contributed by atoms with E-state index in [1.807, 2.05) is 0 Å². The summed E-state index contributed by atoms with van der Waals surface area (Å²) in [5.41, 5.74) is 0. The lowest BCUT2D eigenvalue weighted by Crippen LogP contribution is -1.15. The molecule has 5 heteroatoms. The van der Waals surface area contributed by atoms with E-state index in [-0.39, 0.29) is 19.4 Å². The third kappa shape index (κ3) is 56.8. The largest absolute Gasteiger partial charge is 0.166 e. The van der Waals surface area contributed by atoms with Crippen LogP contribution in [-0.4, -0.2) is 19.4 Å². The molecule has 1 nitrogen and oxygen atoms in total. The van der Waals surface area contributed by atoms with Crippen LogP contribution < -0.4 is 0 Å². The molecule has 0 aromatic heterocycles. The number of halogens is 2. The average Bonchev–Trinajstić information content (AvgIpc) is 0.918. The molecule has 0 aromatic rings. The molecule has 0 atom stereocenters. The van der Waals surface area contributed by atoms with Crippen LogP contribution in [0, 0.1) is 0 Å². The van der Waals surface area contributed by atoms with Gasteiger partial charge in [0.05, 0.1) is 32.1 Å². The fraction of sp³-hybridized carbons (Fsp3) is 0. The third-order valence-corrected chi connectivity index (χ3v) is 0. The second kappa shape index (κ2) is 21.2. The summed E-state index contributed by atoms with van der Waals surface area (Å²) in [5.74, 6) is 0. The van der Waals surface area contributed by atoms with E-state index < -0.39 is 0 Å². The summed E-state index contributed by atoms with van der Waals surface area (Å²) in [7, 11) is 0. The molecule has 0 spiro atoms. The minimum absolute atomic E-state index is 0. The van der Waals surface area contributed by atoms with Gasteiger partial charge in [-0.25, -0.2) is 0 Å². The maximum Gasteiger partial charge on any atom is 0.0832 e. The van der Waals surface area contributed by atoms with Gasteiger partial charge in [-0.2, -0.15) is 3.84 Å². The van der Waals surface area contributed by atoms with Crippen LogP contribution in [-0.2, 0) is 3.84 Å². The zero-order chi connectivity index (χ0) is 2.71. The third-order valence-electron chi connectivity index (χ3n) is 0. The Labute approximate surface area is 47.5 Å². The summed E-state index contributed by atoms with van der Waals surface area (Å²) in [6.07, 6.45) is 0. The Morgan fingerprint density at radius 3 is 1.20 bits per heavy atom. The van der Waals surface area contributed by atoms with Gasteiger partial charge in [0, 0.05) is 0 Å². The molecule has 0 rings (SSSR count). The van der Waals surface area contributed by atoms with Crippen molar-refractivity contribution in [3.8, 4) is 0 Å². The minimum Gasteiger partial charge on any atom is -0.166 e. The first-order chi connectivity index (χ1) is 1.41. The Bertz CT molecular complexity index is 9.61.